The number of aryl methyl sites for hydroxylation is 2. The fourth-order valence-corrected chi connectivity index (χ4v) is 2.77. The van der Waals surface area contributed by atoms with E-state index in [2.05, 4.69) is 31.3 Å². The summed E-state index contributed by atoms with van der Waals surface area (Å²) >= 11 is 0. The number of rotatable bonds is 4. The minimum atomic E-state index is 0.225. The Morgan fingerprint density at radius 3 is 2.44 bits per heavy atom. The zero-order valence-corrected chi connectivity index (χ0v) is 11.5. The molecule has 1 aliphatic rings. The van der Waals surface area contributed by atoms with E-state index in [0.29, 0.717) is 5.78 Å². The summed E-state index contributed by atoms with van der Waals surface area (Å²) in [6, 6.07) is 6.26. The van der Waals surface area contributed by atoms with E-state index in [4.69, 9.17) is 0 Å². The summed E-state index contributed by atoms with van der Waals surface area (Å²) in [6.45, 7) is 6.28. The quantitative estimate of drug-likeness (QED) is 0.826. The summed E-state index contributed by atoms with van der Waals surface area (Å²) < 4.78 is 0. The number of ketones is 1. The number of benzene rings is 1. The van der Waals surface area contributed by atoms with Crippen LogP contribution in [0.15, 0.2) is 18.2 Å². The molecule has 0 radical (unpaired) electrons. The lowest BCUT2D eigenvalue weighted by Crippen LogP contribution is -2.31. The molecule has 1 fully saturated rings. The summed E-state index contributed by atoms with van der Waals surface area (Å²) in [4.78, 5) is 12.4. The van der Waals surface area contributed by atoms with Gasteiger partial charge in [0.2, 0.25) is 0 Å². The van der Waals surface area contributed by atoms with Crippen molar-refractivity contribution in [1.29, 1.82) is 0 Å². The van der Waals surface area contributed by atoms with Crippen molar-refractivity contribution in [1.82, 2.24) is 5.32 Å². The van der Waals surface area contributed by atoms with Crippen LogP contribution >= 0.6 is 0 Å². The van der Waals surface area contributed by atoms with E-state index >= 15 is 0 Å². The summed E-state index contributed by atoms with van der Waals surface area (Å²) in [5.74, 6) is 0.567. The summed E-state index contributed by atoms with van der Waals surface area (Å²) in [7, 11) is 0. The molecule has 1 heterocycles. The van der Waals surface area contributed by atoms with E-state index < -0.39 is 0 Å². The molecule has 2 rings (SSSR count). The van der Waals surface area contributed by atoms with E-state index in [0.717, 1.165) is 44.3 Å². The Balaban J connectivity index is 2.19. The maximum atomic E-state index is 12.4. The molecule has 2 nitrogen and oxygen atoms in total. The lowest BCUT2D eigenvalue weighted by molar-refractivity contribution is 0.0895. The molecule has 1 N–H and O–H groups in total. The Morgan fingerprint density at radius 1 is 1.17 bits per heavy atom. The van der Waals surface area contributed by atoms with E-state index in [1.807, 2.05) is 6.07 Å². The normalized spacial score (nSPS) is 16.8. The largest absolute Gasteiger partial charge is 0.317 e. The van der Waals surface area contributed by atoms with Crippen LogP contribution in [0.25, 0.3) is 0 Å². The van der Waals surface area contributed by atoms with E-state index in [-0.39, 0.29) is 5.92 Å². The molecule has 0 aliphatic carbocycles. The molecule has 1 aromatic carbocycles. The molecule has 0 atom stereocenters. The molecule has 1 aromatic rings. The van der Waals surface area contributed by atoms with Crippen molar-refractivity contribution in [3.63, 3.8) is 0 Å². The molecule has 0 unspecified atom stereocenters. The highest BCUT2D eigenvalue weighted by Gasteiger charge is 2.22. The first kappa shape index (κ1) is 13.3. The van der Waals surface area contributed by atoms with E-state index in [1.54, 1.807) is 0 Å². The van der Waals surface area contributed by atoms with Crippen LogP contribution in [-0.4, -0.2) is 18.9 Å². The number of hydrogen-bond acceptors (Lipinski definition) is 2. The summed E-state index contributed by atoms with van der Waals surface area (Å²) in [5, 5.41) is 3.31. The standard InChI is InChI=1S/C16H23NO/c1-3-12-5-6-15(11-13(12)4-2)16(18)14-7-9-17-10-8-14/h5-6,11,14,17H,3-4,7-10H2,1-2H3. The van der Waals surface area contributed by atoms with E-state index in [9.17, 15) is 4.79 Å². The third-order valence-electron chi connectivity index (χ3n) is 3.96. The minimum Gasteiger partial charge on any atom is -0.317 e. The highest BCUT2D eigenvalue weighted by molar-refractivity contribution is 5.98. The zero-order chi connectivity index (χ0) is 13.0. The third kappa shape index (κ3) is 2.81. The highest BCUT2D eigenvalue weighted by Crippen LogP contribution is 2.21. The second-order valence-corrected chi connectivity index (χ2v) is 5.08. The molecule has 0 amide bonds. The van der Waals surface area contributed by atoms with Gasteiger partial charge in [0, 0.05) is 11.5 Å². The van der Waals surface area contributed by atoms with Gasteiger partial charge in [0.15, 0.2) is 5.78 Å². The van der Waals surface area contributed by atoms with Gasteiger partial charge in [-0.05, 0) is 56.0 Å². The van der Waals surface area contributed by atoms with Crippen LogP contribution < -0.4 is 5.32 Å². The molecule has 18 heavy (non-hydrogen) atoms. The van der Waals surface area contributed by atoms with Gasteiger partial charge in [-0.2, -0.15) is 0 Å². The van der Waals surface area contributed by atoms with Crippen LogP contribution in [0.4, 0.5) is 0 Å². The first-order chi connectivity index (χ1) is 8.76. The Bertz CT molecular complexity index is 419. The smallest absolute Gasteiger partial charge is 0.166 e. The van der Waals surface area contributed by atoms with Crippen LogP contribution in [0, 0.1) is 5.92 Å². The fourth-order valence-electron chi connectivity index (χ4n) is 2.77. The van der Waals surface area contributed by atoms with Gasteiger partial charge in [-0.15, -0.1) is 0 Å². The van der Waals surface area contributed by atoms with Crippen LogP contribution in [0.3, 0.4) is 0 Å². The Hall–Kier alpha value is -1.15. The summed E-state index contributed by atoms with van der Waals surface area (Å²) in [5.41, 5.74) is 3.62. The Labute approximate surface area is 110 Å². The molecule has 0 bridgehead atoms. The van der Waals surface area contributed by atoms with Gasteiger partial charge in [0.1, 0.15) is 0 Å². The lowest BCUT2D eigenvalue weighted by atomic mass is 9.88. The maximum Gasteiger partial charge on any atom is 0.166 e. The second kappa shape index (κ2) is 6.14. The van der Waals surface area contributed by atoms with Gasteiger partial charge >= 0.3 is 0 Å². The van der Waals surface area contributed by atoms with Gasteiger partial charge in [-0.25, -0.2) is 0 Å². The fraction of sp³-hybridized carbons (Fsp3) is 0.562. The predicted molar refractivity (Wildman–Crippen MR) is 75.1 cm³/mol. The van der Waals surface area contributed by atoms with Crippen LogP contribution in [0.1, 0.15) is 48.2 Å². The predicted octanol–water partition coefficient (Wildman–Crippen LogP) is 2.99. The number of carbonyl (C=O) groups excluding carboxylic acids is 1. The number of nitrogens with one attached hydrogen (secondary N) is 1. The van der Waals surface area contributed by atoms with Crippen molar-refractivity contribution >= 4 is 5.78 Å². The molecule has 0 aromatic heterocycles. The third-order valence-corrected chi connectivity index (χ3v) is 3.96. The van der Waals surface area contributed by atoms with Crippen molar-refractivity contribution in [2.24, 2.45) is 5.92 Å². The first-order valence-corrected chi connectivity index (χ1v) is 7.13. The topological polar surface area (TPSA) is 29.1 Å². The van der Waals surface area contributed by atoms with Crippen molar-refractivity contribution in [3.05, 3.63) is 34.9 Å². The average Bonchev–Trinajstić information content (AvgIpc) is 2.46. The maximum absolute atomic E-state index is 12.4. The van der Waals surface area contributed by atoms with Gasteiger partial charge < -0.3 is 5.32 Å². The molecular formula is C16H23NO. The number of carbonyl (C=O) groups is 1. The lowest BCUT2D eigenvalue weighted by Gasteiger charge is -2.21. The molecule has 98 valence electrons. The average molecular weight is 245 g/mol. The van der Waals surface area contributed by atoms with Crippen molar-refractivity contribution in [3.8, 4) is 0 Å². The molecule has 0 spiro atoms. The summed E-state index contributed by atoms with van der Waals surface area (Å²) in [6.07, 6.45) is 4.02. The first-order valence-electron chi connectivity index (χ1n) is 7.13. The van der Waals surface area contributed by atoms with Crippen LogP contribution in [-0.2, 0) is 12.8 Å². The van der Waals surface area contributed by atoms with Crippen LogP contribution in [0.5, 0.6) is 0 Å². The van der Waals surface area contributed by atoms with E-state index in [1.165, 1.54) is 11.1 Å². The zero-order valence-electron chi connectivity index (χ0n) is 11.5. The highest BCUT2D eigenvalue weighted by atomic mass is 16.1. The Morgan fingerprint density at radius 2 is 1.83 bits per heavy atom. The van der Waals surface area contributed by atoms with Crippen molar-refractivity contribution in [2.75, 3.05) is 13.1 Å². The van der Waals surface area contributed by atoms with Crippen molar-refractivity contribution < 1.29 is 4.79 Å². The molecule has 0 saturated carbocycles. The molecular weight excluding hydrogens is 222 g/mol. The monoisotopic (exact) mass is 245 g/mol. The van der Waals surface area contributed by atoms with Crippen molar-refractivity contribution in [2.45, 2.75) is 39.5 Å². The van der Waals surface area contributed by atoms with Gasteiger partial charge in [-0.1, -0.05) is 26.0 Å². The molecule has 1 aliphatic heterocycles. The minimum absolute atomic E-state index is 0.225. The number of Topliss-reactive ketones (excluding diaryl/α,β-unsaturated/α-hetero) is 1. The van der Waals surface area contributed by atoms with Gasteiger partial charge in [-0.3, -0.25) is 4.79 Å². The number of hydrogen-bond donors (Lipinski definition) is 1. The Kier molecular flexibility index (Phi) is 4.54. The second-order valence-electron chi connectivity index (χ2n) is 5.08. The SMILES string of the molecule is CCc1ccc(C(=O)C2CCNCC2)cc1CC. The van der Waals surface area contributed by atoms with Crippen LogP contribution in [0.2, 0.25) is 0 Å². The molecule has 2 heteroatoms. The van der Waals surface area contributed by atoms with Gasteiger partial charge in [0.25, 0.3) is 0 Å². The molecule has 1 saturated heterocycles. The number of piperidine rings is 1. The van der Waals surface area contributed by atoms with Gasteiger partial charge in [0.05, 0.1) is 0 Å².